The van der Waals surface area contributed by atoms with Gasteiger partial charge < -0.3 is 0 Å². The maximum absolute atomic E-state index is 5.03. The Labute approximate surface area is 163 Å². The van der Waals surface area contributed by atoms with E-state index in [0.717, 1.165) is 10.5 Å². The third-order valence-electron chi connectivity index (χ3n) is 5.21. The standard InChI is InChI=1S/C25H21NS/c1-25(2,3)21-15-17(14-16-8-4-5-9-18(16)21)22-13-12-20-19-10-6-7-11-23(19)27-24(20)26-22/h4-15H,1-3H3. The zero-order chi connectivity index (χ0) is 18.6. The van der Waals surface area contributed by atoms with Crippen LogP contribution in [-0.2, 0) is 5.41 Å². The van der Waals surface area contributed by atoms with E-state index >= 15 is 0 Å². The molecular weight excluding hydrogens is 346 g/mol. The maximum atomic E-state index is 5.03. The topological polar surface area (TPSA) is 12.9 Å². The average Bonchev–Trinajstić information content (AvgIpc) is 3.04. The van der Waals surface area contributed by atoms with E-state index in [9.17, 15) is 0 Å². The van der Waals surface area contributed by atoms with Gasteiger partial charge in [0.15, 0.2) is 0 Å². The maximum Gasteiger partial charge on any atom is 0.125 e. The fourth-order valence-corrected chi connectivity index (χ4v) is 4.92. The van der Waals surface area contributed by atoms with Gasteiger partial charge in [0.1, 0.15) is 4.83 Å². The smallest absolute Gasteiger partial charge is 0.125 e. The summed E-state index contributed by atoms with van der Waals surface area (Å²) < 4.78 is 1.30. The summed E-state index contributed by atoms with van der Waals surface area (Å²) in [6, 6.07) is 26.2. The molecule has 0 aliphatic carbocycles. The summed E-state index contributed by atoms with van der Waals surface area (Å²) in [7, 11) is 0. The van der Waals surface area contributed by atoms with Gasteiger partial charge in [0.25, 0.3) is 0 Å². The highest BCUT2D eigenvalue weighted by Gasteiger charge is 2.18. The van der Waals surface area contributed by atoms with Gasteiger partial charge in [-0.05, 0) is 52.1 Å². The summed E-state index contributed by atoms with van der Waals surface area (Å²) in [5.41, 5.74) is 3.69. The first-order chi connectivity index (χ1) is 13.0. The molecule has 0 atom stereocenters. The molecular formula is C25H21NS. The van der Waals surface area contributed by atoms with Gasteiger partial charge in [-0.2, -0.15) is 0 Å². The average molecular weight is 368 g/mol. The van der Waals surface area contributed by atoms with Crippen molar-refractivity contribution in [2.24, 2.45) is 0 Å². The number of hydrogen-bond acceptors (Lipinski definition) is 2. The van der Waals surface area contributed by atoms with Crippen molar-refractivity contribution in [2.75, 3.05) is 0 Å². The molecule has 2 aromatic heterocycles. The van der Waals surface area contributed by atoms with Crippen LogP contribution in [0.4, 0.5) is 0 Å². The van der Waals surface area contributed by atoms with Crippen LogP contribution in [0.25, 0.3) is 42.3 Å². The van der Waals surface area contributed by atoms with Gasteiger partial charge in [-0.25, -0.2) is 4.98 Å². The summed E-state index contributed by atoms with van der Waals surface area (Å²) in [4.78, 5) is 6.14. The summed E-state index contributed by atoms with van der Waals surface area (Å²) in [6.07, 6.45) is 0. The van der Waals surface area contributed by atoms with Gasteiger partial charge >= 0.3 is 0 Å². The van der Waals surface area contributed by atoms with Crippen molar-refractivity contribution in [3.63, 3.8) is 0 Å². The van der Waals surface area contributed by atoms with Gasteiger partial charge in [-0.3, -0.25) is 0 Å². The monoisotopic (exact) mass is 367 g/mol. The third-order valence-corrected chi connectivity index (χ3v) is 6.29. The fourth-order valence-electron chi connectivity index (χ4n) is 3.85. The highest BCUT2D eigenvalue weighted by atomic mass is 32.1. The van der Waals surface area contributed by atoms with Crippen LogP contribution < -0.4 is 0 Å². The van der Waals surface area contributed by atoms with Gasteiger partial charge in [0, 0.05) is 21.0 Å². The van der Waals surface area contributed by atoms with E-state index in [1.165, 1.54) is 37.4 Å². The predicted molar refractivity (Wildman–Crippen MR) is 119 cm³/mol. The molecule has 2 heterocycles. The molecule has 2 heteroatoms. The normalized spacial score (nSPS) is 12.3. The van der Waals surface area contributed by atoms with Crippen molar-refractivity contribution in [1.29, 1.82) is 0 Å². The van der Waals surface area contributed by atoms with Crippen molar-refractivity contribution in [3.8, 4) is 11.3 Å². The molecule has 0 unspecified atom stereocenters. The Morgan fingerprint density at radius 3 is 2.30 bits per heavy atom. The van der Waals surface area contributed by atoms with Crippen molar-refractivity contribution >= 4 is 42.4 Å². The first-order valence-electron chi connectivity index (χ1n) is 9.33. The van der Waals surface area contributed by atoms with Crippen LogP contribution in [0.3, 0.4) is 0 Å². The molecule has 0 N–H and O–H groups in total. The lowest BCUT2D eigenvalue weighted by molar-refractivity contribution is 0.596. The minimum absolute atomic E-state index is 0.0807. The van der Waals surface area contributed by atoms with Gasteiger partial charge in [0.2, 0.25) is 0 Å². The Bertz CT molecular complexity index is 1300. The SMILES string of the molecule is CC(C)(C)c1cc(-c2ccc3c(n2)sc2ccccc23)cc2ccccc12. The van der Waals surface area contributed by atoms with E-state index in [2.05, 4.69) is 93.6 Å². The molecule has 0 bridgehead atoms. The van der Waals surface area contributed by atoms with Crippen LogP contribution in [-0.4, -0.2) is 4.98 Å². The number of fused-ring (bicyclic) bond motifs is 4. The Hall–Kier alpha value is -2.71. The molecule has 1 nitrogen and oxygen atoms in total. The number of aromatic nitrogens is 1. The summed E-state index contributed by atoms with van der Waals surface area (Å²) in [6.45, 7) is 6.84. The highest BCUT2D eigenvalue weighted by Crippen LogP contribution is 2.37. The molecule has 0 amide bonds. The number of thiophene rings is 1. The van der Waals surface area contributed by atoms with E-state index in [1.54, 1.807) is 11.3 Å². The number of nitrogens with zero attached hydrogens (tertiary/aromatic N) is 1. The van der Waals surface area contributed by atoms with E-state index in [0.29, 0.717) is 0 Å². The van der Waals surface area contributed by atoms with E-state index in [4.69, 9.17) is 4.98 Å². The fraction of sp³-hybridized carbons (Fsp3) is 0.160. The van der Waals surface area contributed by atoms with Crippen molar-refractivity contribution in [3.05, 3.63) is 78.4 Å². The summed E-state index contributed by atoms with van der Waals surface area (Å²) in [5, 5.41) is 5.15. The highest BCUT2D eigenvalue weighted by molar-refractivity contribution is 7.25. The first-order valence-corrected chi connectivity index (χ1v) is 10.1. The Morgan fingerprint density at radius 2 is 1.48 bits per heavy atom. The third kappa shape index (κ3) is 2.72. The van der Waals surface area contributed by atoms with Crippen molar-refractivity contribution < 1.29 is 0 Å². The van der Waals surface area contributed by atoms with E-state index < -0.39 is 0 Å². The zero-order valence-electron chi connectivity index (χ0n) is 15.8. The van der Waals surface area contributed by atoms with Crippen LogP contribution in [0.1, 0.15) is 26.3 Å². The number of benzene rings is 3. The minimum atomic E-state index is 0.0807. The van der Waals surface area contributed by atoms with Crippen LogP contribution >= 0.6 is 11.3 Å². The molecule has 5 rings (SSSR count). The molecule has 0 saturated heterocycles. The molecule has 0 fully saturated rings. The minimum Gasteiger partial charge on any atom is -0.237 e. The molecule has 132 valence electrons. The van der Waals surface area contributed by atoms with Crippen molar-refractivity contribution in [2.45, 2.75) is 26.2 Å². The Morgan fingerprint density at radius 1 is 0.741 bits per heavy atom. The second-order valence-electron chi connectivity index (χ2n) is 8.14. The van der Waals surface area contributed by atoms with Crippen LogP contribution in [0.2, 0.25) is 0 Å². The Kier molecular flexibility index (Phi) is 3.60. The number of hydrogen-bond donors (Lipinski definition) is 0. The molecule has 0 aliphatic rings. The summed E-state index contributed by atoms with van der Waals surface area (Å²) >= 11 is 1.77. The largest absolute Gasteiger partial charge is 0.237 e. The summed E-state index contributed by atoms with van der Waals surface area (Å²) in [5.74, 6) is 0. The molecule has 27 heavy (non-hydrogen) atoms. The van der Waals surface area contributed by atoms with Gasteiger partial charge in [0.05, 0.1) is 5.69 Å². The van der Waals surface area contributed by atoms with Crippen LogP contribution in [0.5, 0.6) is 0 Å². The van der Waals surface area contributed by atoms with E-state index in [-0.39, 0.29) is 5.41 Å². The molecule has 0 spiro atoms. The van der Waals surface area contributed by atoms with Crippen LogP contribution in [0.15, 0.2) is 72.8 Å². The molecule has 0 saturated carbocycles. The van der Waals surface area contributed by atoms with Crippen LogP contribution in [0, 0.1) is 0 Å². The first kappa shape index (κ1) is 16.5. The predicted octanol–water partition coefficient (Wildman–Crippen LogP) is 7.57. The zero-order valence-corrected chi connectivity index (χ0v) is 16.6. The van der Waals surface area contributed by atoms with Gasteiger partial charge in [-0.15, -0.1) is 11.3 Å². The van der Waals surface area contributed by atoms with E-state index in [1.807, 2.05) is 0 Å². The van der Waals surface area contributed by atoms with Gasteiger partial charge in [-0.1, -0.05) is 63.2 Å². The lowest BCUT2D eigenvalue weighted by Gasteiger charge is -2.22. The Balaban J connectivity index is 1.76. The molecule has 3 aromatic carbocycles. The lowest BCUT2D eigenvalue weighted by atomic mass is 9.82. The lowest BCUT2D eigenvalue weighted by Crippen LogP contribution is -2.12. The quantitative estimate of drug-likeness (QED) is 0.298. The second kappa shape index (κ2) is 5.90. The molecule has 0 radical (unpaired) electrons. The number of rotatable bonds is 1. The molecule has 0 aliphatic heterocycles. The molecule has 5 aromatic rings. The second-order valence-corrected chi connectivity index (χ2v) is 9.17. The number of pyridine rings is 1. The van der Waals surface area contributed by atoms with Crippen molar-refractivity contribution in [1.82, 2.24) is 4.98 Å².